The van der Waals surface area contributed by atoms with Gasteiger partial charge < -0.3 is 5.11 Å². The topological polar surface area (TPSA) is 107 Å². The monoisotopic (exact) mass is 212 g/mol. The largest absolute Gasteiger partial charge is 0.389 e. The molecule has 0 aliphatic rings. The van der Waals surface area contributed by atoms with E-state index in [9.17, 15) is 20.2 Å². The molecule has 0 aliphatic heterocycles. The van der Waals surface area contributed by atoms with Crippen LogP contribution in [0.5, 0.6) is 0 Å². The Morgan fingerprint density at radius 1 is 1.20 bits per heavy atom. The number of non-ortho nitro benzene ring substituents is 1. The van der Waals surface area contributed by atoms with E-state index in [1.807, 2.05) is 0 Å². The Balaban J connectivity index is 2.97. The van der Waals surface area contributed by atoms with Gasteiger partial charge in [0.05, 0.1) is 4.92 Å². The lowest BCUT2D eigenvalue weighted by Gasteiger charge is -2.05. The van der Waals surface area contributed by atoms with Crippen molar-refractivity contribution in [3.8, 4) is 0 Å². The van der Waals surface area contributed by atoms with E-state index in [4.69, 9.17) is 5.11 Å². The predicted octanol–water partition coefficient (Wildman–Crippen LogP) is 0.905. The Hall–Kier alpha value is -2.02. The fraction of sp³-hybridized carbons (Fsp3) is 0.250. The molecule has 0 spiro atoms. The standard InChI is InChI=1S/C8H8N2O5/c11-5-8(10(14)15)6-1-3-7(4-2-6)9(12)13/h1-4,8,11H,5H2. The minimum atomic E-state index is -1.23. The van der Waals surface area contributed by atoms with Gasteiger partial charge >= 0.3 is 0 Å². The van der Waals surface area contributed by atoms with Gasteiger partial charge in [-0.25, -0.2) is 0 Å². The minimum absolute atomic E-state index is 0.140. The number of benzene rings is 1. The molecule has 0 bridgehead atoms. The molecular weight excluding hydrogens is 204 g/mol. The first-order chi connectivity index (χ1) is 7.06. The van der Waals surface area contributed by atoms with Gasteiger partial charge in [0.2, 0.25) is 0 Å². The number of hydrogen-bond acceptors (Lipinski definition) is 5. The molecule has 0 radical (unpaired) electrons. The van der Waals surface area contributed by atoms with Gasteiger partial charge in [-0.15, -0.1) is 0 Å². The van der Waals surface area contributed by atoms with Gasteiger partial charge in [0.1, 0.15) is 6.61 Å². The molecule has 1 aromatic carbocycles. The van der Waals surface area contributed by atoms with Crippen molar-refractivity contribution in [3.63, 3.8) is 0 Å². The van der Waals surface area contributed by atoms with Crippen LogP contribution in [0.1, 0.15) is 11.6 Å². The van der Waals surface area contributed by atoms with Crippen molar-refractivity contribution in [2.75, 3.05) is 6.61 Å². The van der Waals surface area contributed by atoms with E-state index in [0.717, 1.165) is 0 Å². The van der Waals surface area contributed by atoms with Crippen LogP contribution < -0.4 is 0 Å². The number of hydrogen-bond donors (Lipinski definition) is 1. The maximum absolute atomic E-state index is 10.5. The lowest BCUT2D eigenvalue weighted by Crippen LogP contribution is -2.14. The highest BCUT2D eigenvalue weighted by atomic mass is 16.6. The molecule has 80 valence electrons. The van der Waals surface area contributed by atoms with Crippen molar-refractivity contribution in [1.29, 1.82) is 0 Å². The second-order valence-electron chi connectivity index (χ2n) is 2.83. The summed E-state index contributed by atoms with van der Waals surface area (Å²) in [5.74, 6) is 0. The number of aliphatic hydroxyl groups is 1. The van der Waals surface area contributed by atoms with Crippen molar-refractivity contribution >= 4 is 5.69 Å². The van der Waals surface area contributed by atoms with E-state index in [0.29, 0.717) is 0 Å². The first kappa shape index (κ1) is 11.1. The lowest BCUT2D eigenvalue weighted by atomic mass is 10.1. The third-order valence-corrected chi connectivity index (χ3v) is 1.92. The normalized spacial score (nSPS) is 12.1. The van der Waals surface area contributed by atoms with E-state index in [1.54, 1.807) is 0 Å². The second-order valence-corrected chi connectivity index (χ2v) is 2.83. The zero-order chi connectivity index (χ0) is 11.4. The summed E-state index contributed by atoms with van der Waals surface area (Å²) >= 11 is 0. The molecule has 1 atom stereocenters. The fourth-order valence-corrected chi connectivity index (χ4v) is 1.11. The molecule has 0 saturated heterocycles. The molecule has 7 heteroatoms. The summed E-state index contributed by atoms with van der Waals surface area (Å²) in [4.78, 5) is 19.5. The van der Waals surface area contributed by atoms with Gasteiger partial charge in [-0.2, -0.15) is 0 Å². The molecule has 1 aromatic rings. The van der Waals surface area contributed by atoms with Crippen LogP contribution in [0.3, 0.4) is 0 Å². The summed E-state index contributed by atoms with van der Waals surface area (Å²) in [6, 6.07) is 3.64. The van der Waals surface area contributed by atoms with Crippen molar-refractivity contribution < 1.29 is 15.0 Å². The first-order valence-electron chi connectivity index (χ1n) is 4.05. The Morgan fingerprint density at radius 3 is 2.07 bits per heavy atom. The van der Waals surface area contributed by atoms with E-state index in [-0.39, 0.29) is 11.3 Å². The number of rotatable bonds is 4. The fourth-order valence-electron chi connectivity index (χ4n) is 1.11. The van der Waals surface area contributed by atoms with E-state index in [2.05, 4.69) is 0 Å². The number of nitro benzene ring substituents is 1. The summed E-state index contributed by atoms with van der Waals surface area (Å²) in [6.45, 7) is -0.634. The zero-order valence-electron chi connectivity index (χ0n) is 7.57. The summed E-state index contributed by atoms with van der Waals surface area (Å²) in [5, 5.41) is 29.5. The highest BCUT2D eigenvalue weighted by molar-refractivity contribution is 5.33. The third kappa shape index (κ3) is 2.47. The molecule has 0 aliphatic carbocycles. The number of nitro groups is 2. The summed E-state index contributed by atoms with van der Waals surface area (Å²) in [6.07, 6.45) is 0. The van der Waals surface area contributed by atoms with Crippen LogP contribution >= 0.6 is 0 Å². The quantitative estimate of drug-likeness (QED) is 0.589. The van der Waals surface area contributed by atoms with Crippen LogP contribution in [0.4, 0.5) is 5.69 Å². The average Bonchev–Trinajstić information content (AvgIpc) is 2.19. The molecule has 0 saturated carbocycles. The maximum atomic E-state index is 10.5. The van der Waals surface area contributed by atoms with Crippen LogP contribution in [0.25, 0.3) is 0 Å². The number of aliphatic hydroxyl groups excluding tert-OH is 1. The molecule has 0 aromatic heterocycles. The van der Waals surface area contributed by atoms with E-state index in [1.165, 1.54) is 24.3 Å². The van der Waals surface area contributed by atoms with Crippen LogP contribution in [-0.2, 0) is 0 Å². The smallest absolute Gasteiger partial charge is 0.269 e. The van der Waals surface area contributed by atoms with E-state index >= 15 is 0 Å². The Bertz CT molecular complexity index is 375. The molecule has 1 rings (SSSR count). The molecule has 0 amide bonds. The van der Waals surface area contributed by atoms with Gasteiger partial charge in [-0.3, -0.25) is 20.2 Å². The maximum Gasteiger partial charge on any atom is 0.269 e. The molecule has 15 heavy (non-hydrogen) atoms. The van der Waals surface area contributed by atoms with Crippen molar-refractivity contribution in [2.24, 2.45) is 0 Å². The second kappa shape index (κ2) is 4.47. The average molecular weight is 212 g/mol. The highest BCUT2D eigenvalue weighted by Gasteiger charge is 2.21. The van der Waals surface area contributed by atoms with Gasteiger partial charge in [0.15, 0.2) is 0 Å². The minimum Gasteiger partial charge on any atom is -0.389 e. The predicted molar refractivity (Wildman–Crippen MR) is 49.9 cm³/mol. The molecule has 1 unspecified atom stereocenters. The Morgan fingerprint density at radius 2 is 1.73 bits per heavy atom. The van der Waals surface area contributed by atoms with Gasteiger partial charge in [0, 0.05) is 22.6 Å². The lowest BCUT2D eigenvalue weighted by molar-refractivity contribution is -0.532. The third-order valence-electron chi connectivity index (χ3n) is 1.92. The highest BCUT2D eigenvalue weighted by Crippen LogP contribution is 2.19. The van der Waals surface area contributed by atoms with Crippen molar-refractivity contribution in [3.05, 3.63) is 50.1 Å². The SMILES string of the molecule is O=[N+]([O-])c1ccc(C(CO)[N+](=O)[O-])cc1. The van der Waals surface area contributed by atoms with Crippen LogP contribution in [-0.4, -0.2) is 21.6 Å². The van der Waals surface area contributed by atoms with E-state index < -0.39 is 22.5 Å². The van der Waals surface area contributed by atoms with Crippen LogP contribution in [0.2, 0.25) is 0 Å². The van der Waals surface area contributed by atoms with Gasteiger partial charge in [-0.1, -0.05) is 0 Å². The van der Waals surface area contributed by atoms with Crippen molar-refractivity contribution in [1.82, 2.24) is 0 Å². The Kier molecular flexibility index (Phi) is 3.29. The summed E-state index contributed by atoms with van der Waals surface area (Å²) in [7, 11) is 0. The number of nitrogens with zero attached hydrogens (tertiary/aromatic N) is 2. The van der Waals surface area contributed by atoms with Crippen LogP contribution in [0, 0.1) is 20.2 Å². The summed E-state index contributed by atoms with van der Waals surface area (Å²) < 4.78 is 0. The molecular formula is C8H8N2O5. The molecule has 0 fully saturated rings. The Labute approximate surface area is 84.3 Å². The summed E-state index contributed by atoms with van der Waals surface area (Å²) in [5.41, 5.74) is 0.104. The molecule has 0 heterocycles. The molecule has 1 N–H and O–H groups in total. The van der Waals surface area contributed by atoms with Crippen molar-refractivity contribution in [2.45, 2.75) is 6.04 Å². The van der Waals surface area contributed by atoms with Crippen LogP contribution in [0.15, 0.2) is 24.3 Å². The van der Waals surface area contributed by atoms with Gasteiger partial charge in [0.25, 0.3) is 11.7 Å². The molecule has 7 nitrogen and oxygen atoms in total. The first-order valence-corrected chi connectivity index (χ1v) is 4.05. The zero-order valence-corrected chi connectivity index (χ0v) is 7.57. The van der Waals surface area contributed by atoms with Gasteiger partial charge in [-0.05, 0) is 12.1 Å².